The lowest BCUT2D eigenvalue weighted by molar-refractivity contribution is -0.289. The molecule has 0 unspecified atom stereocenters. The van der Waals surface area contributed by atoms with E-state index in [4.69, 9.17) is 14.6 Å². The van der Waals surface area contributed by atoms with Crippen LogP contribution in [0.2, 0.25) is 0 Å². The summed E-state index contributed by atoms with van der Waals surface area (Å²) in [5.41, 5.74) is 0. The van der Waals surface area contributed by atoms with Gasteiger partial charge in [-0.1, -0.05) is 12.2 Å². The average molecular weight is 228 g/mol. The van der Waals surface area contributed by atoms with Gasteiger partial charge in [0, 0.05) is 12.8 Å². The predicted octanol–water partition coefficient (Wildman–Crippen LogP) is 1.94. The summed E-state index contributed by atoms with van der Waals surface area (Å²) in [7, 11) is 0. The van der Waals surface area contributed by atoms with Crippen molar-refractivity contribution in [1.29, 1.82) is 0 Å². The van der Waals surface area contributed by atoms with Gasteiger partial charge in [0.15, 0.2) is 11.9 Å². The van der Waals surface area contributed by atoms with Crippen molar-refractivity contribution in [3.05, 3.63) is 25.3 Å². The second kappa shape index (κ2) is 5.67. The molecule has 0 aromatic carbocycles. The summed E-state index contributed by atoms with van der Waals surface area (Å²) in [6.45, 7) is 7.64. The molecule has 1 aliphatic heterocycles. The summed E-state index contributed by atoms with van der Waals surface area (Å²) in [6.07, 6.45) is 2.55. The number of rotatable bonds is 5. The van der Waals surface area contributed by atoms with Crippen LogP contribution in [0, 0.1) is 0 Å². The molecule has 16 heavy (non-hydrogen) atoms. The Labute approximate surface area is 94.3 Å². The summed E-state index contributed by atoms with van der Waals surface area (Å²) in [5.74, 6) is -0.762. The van der Waals surface area contributed by atoms with Crippen LogP contribution < -0.4 is 0 Å². The number of hydrogen-bond acceptors (Lipinski definition) is 4. The van der Waals surface area contributed by atoms with Gasteiger partial charge in [-0.2, -0.15) is 0 Å². The fourth-order valence-electron chi connectivity index (χ4n) is 1.55. The van der Waals surface area contributed by atoms with E-state index in [1.165, 1.54) is 0 Å². The highest BCUT2D eigenvalue weighted by molar-refractivity contribution is 5.57. The number of hydrogen-bond donors (Lipinski definition) is 1. The molecule has 1 aliphatic rings. The highest BCUT2D eigenvalue weighted by Gasteiger charge is 2.36. The van der Waals surface area contributed by atoms with E-state index in [2.05, 4.69) is 17.9 Å². The highest BCUT2D eigenvalue weighted by Crippen LogP contribution is 2.28. The van der Waals surface area contributed by atoms with Crippen LogP contribution in [0.15, 0.2) is 25.3 Å². The van der Waals surface area contributed by atoms with Gasteiger partial charge in [-0.15, -0.1) is 13.2 Å². The number of carbonyl (C=O) groups is 1. The molecule has 0 spiro atoms. The van der Waals surface area contributed by atoms with E-state index in [0.29, 0.717) is 12.8 Å². The van der Waals surface area contributed by atoms with Gasteiger partial charge in [0.05, 0.1) is 13.2 Å². The van der Waals surface area contributed by atoms with E-state index in [1.807, 2.05) is 0 Å². The molecule has 1 rings (SSSR count). The third-order valence-corrected chi connectivity index (χ3v) is 2.24. The quantitative estimate of drug-likeness (QED) is 0.575. The van der Waals surface area contributed by atoms with Gasteiger partial charge in [-0.05, 0) is 0 Å². The normalized spacial score (nSPS) is 20.0. The van der Waals surface area contributed by atoms with Crippen LogP contribution in [0.4, 0.5) is 4.79 Å². The first-order chi connectivity index (χ1) is 7.62. The van der Waals surface area contributed by atoms with Crippen LogP contribution in [-0.2, 0) is 14.2 Å². The van der Waals surface area contributed by atoms with E-state index in [0.717, 1.165) is 0 Å². The van der Waals surface area contributed by atoms with Crippen LogP contribution in [-0.4, -0.2) is 36.4 Å². The molecule has 1 saturated heterocycles. The Balaban J connectivity index is 2.51. The van der Waals surface area contributed by atoms with Crippen molar-refractivity contribution < 1.29 is 24.1 Å². The third kappa shape index (κ3) is 3.36. The molecular weight excluding hydrogens is 212 g/mol. The second-order valence-electron chi connectivity index (χ2n) is 3.52. The molecule has 0 saturated carbocycles. The van der Waals surface area contributed by atoms with Crippen LogP contribution in [0.3, 0.4) is 0 Å². The van der Waals surface area contributed by atoms with E-state index >= 15 is 0 Å². The van der Waals surface area contributed by atoms with Crippen molar-refractivity contribution in [3.63, 3.8) is 0 Å². The van der Waals surface area contributed by atoms with Crippen LogP contribution in [0.25, 0.3) is 0 Å². The monoisotopic (exact) mass is 228 g/mol. The summed E-state index contributed by atoms with van der Waals surface area (Å²) in [5, 5.41) is 8.44. The van der Waals surface area contributed by atoms with E-state index < -0.39 is 18.0 Å². The van der Waals surface area contributed by atoms with E-state index in [1.54, 1.807) is 12.2 Å². The lowest BCUT2D eigenvalue weighted by Crippen LogP contribution is -2.47. The summed E-state index contributed by atoms with van der Waals surface area (Å²) in [6, 6.07) is 0. The molecule has 0 atom stereocenters. The first-order valence-corrected chi connectivity index (χ1v) is 5.01. The lowest BCUT2D eigenvalue weighted by Gasteiger charge is -2.38. The maximum absolute atomic E-state index is 10.3. The molecule has 90 valence electrons. The third-order valence-electron chi connectivity index (χ3n) is 2.24. The van der Waals surface area contributed by atoms with E-state index in [-0.39, 0.29) is 13.2 Å². The molecule has 5 heteroatoms. The van der Waals surface area contributed by atoms with Gasteiger partial charge >= 0.3 is 6.16 Å². The fourth-order valence-corrected chi connectivity index (χ4v) is 1.55. The summed E-state index contributed by atoms with van der Waals surface area (Å²) in [4.78, 5) is 10.3. The van der Waals surface area contributed by atoms with Crippen LogP contribution in [0.5, 0.6) is 0 Å². The standard InChI is InChI=1S/C11H16O5/c1-3-5-11(6-4-2)14-7-9(8-15-11)16-10(12)13/h3-4,9H,1-2,5-8H2,(H,12,13). The molecule has 0 radical (unpaired) electrons. The number of ether oxygens (including phenoxy) is 3. The minimum atomic E-state index is -1.32. The Hall–Kier alpha value is -1.33. The largest absolute Gasteiger partial charge is 0.506 e. The zero-order valence-electron chi connectivity index (χ0n) is 9.05. The van der Waals surface area contributed by atoms with Crippen LogP contribution in [0.1, 0.15) is 12.8 Å². The predicted molar refractivity (Wildman–Crippen MR) is 57.2 cm³/mol. The lowest BCUT2D eigenvalue weighted by atomic mass is 10.1. The Kier molecular flexibility index (Phi) is 4.52. The fraction of sp³-hybridized carbons (Fsp3) is 0.545. The smallest absolute Gasteiger partial charge is 0.450 e. The molecule has 1 fully saturated rings. The molecule has 0 aromatic rings. The molecule has 0 aromatic heterocycles. The van der Waals surface area contributed by atoms with Crippen molar-refractivity contribution in [1.82, 2.24) is 0 Å². The minimum Gasteiger partial charge on any atom is -0.450 e. The zero-order chi connectivity index (χ0) is 12.0. The van der Waals surface area contributed by atoms with Crippen molar-refractivity contribution in [2.45, 2.75) is 24.7 Å². The molecule has 1 heterocycles. The summed E-state index contributed by atoms with van der Waals surface area (Å²) >= 11 is 0. The van der Waals surface area contributed by atoms with Gasteiger partial charge in [-0.25, -0.2) is 4.79 Å². The first kappa shape index (κ1) is 12.7. The topological polar surface area (TPSA) is 65.0 Å². The first-order valence-electron chi connectivity index (χ1n) is 5.01. The maximum atomic E-state index is 10.3. The van der Waals surface area contributed by atoms with Gasteiger partial charge in [0.25, 0.3) is 0 Å². The molecular formula is C11H16O5. The molecule has 1 N–H and O–H groups in total. The van der Waals surface area contributed by atoms with Crippen molar-refractivity contribution in [2.75, 3.05) is 13.2 Å². The van der Waals surface area contributed by atoms with Gasteiger partial charge < -0.3 is 19.3 Å². The molecule has 0 amide bonds. The number of carboxylic acid groups (broad SMARTS) is 1. The van der Waals surface area contributed by atoms with Crippen LogP contribution >= 0.6 is 0 Å². The van der Waals surface area contributed by atoms with E-state index in [9.17, 15) is 4.79 Å². The van der Waals surface area contributed by atoms with Gasteiger partial charge in [0.2, 0.25) is 0 Å². The zero-order valence-corrected chi connectivity index (χ0v) is 9.05. The maximum Gasteiger partial charge on any atom is 0.506 e. The molecule has 5 nitrogen and oxygen atoms in total. The Morgan fingerprint density at radius 2 is 1.88 bits per heavy atom. The van der Waals surface area contributed by atoms with Crippen molar-refractivity contribution >= 4 is 6.16 Å². The van der Waals surface area contributed by atoms with Crippen molar-refractivity contribution in [2.24, 2.45) is 0 Å². The van der Waals surface area contributed by atoms with Gasteiger partial charge in [0.1, 0.15) is 0 Å². The Bertz CT molecular complexity index is 254. The minimum absolute atomic E-state index is 0.188. The van der Waals surface area contributed by atoms with Crippen molar-refractivity contribution in [3.8, 4) is 0 Å². The highest BCUT2D eigenvalue weighted by atomic mass is 16.7. The second-order valence-corrected chi connectivity index (χ2v) is 3.52. The molecule has 0 aliphatic carbocycles. The molecule has 0 bridgehead atoms. The Morgan fingerprint density at radius 3 is 2.25 bits per heavy atom. The summed E-state index contributed by atoms with van der Waals surface area (Å²) < 4.78 is 15.6. The SMILES string of the molecule is C=CCC1(CC=C)OCC(OC(=O)O)CO1. The Morgan fingerprint density at radius 1 is 1.38 bits per heavy atom. The van der Waals surface area contributed by atoms with Gasteiger partial charge in [-0.3, -0.25) is 0 Å². The average Bonchev–Trinajstić information content (AvgIpc) is 2.22.